The number of ether oxygens (including phenoxy) is 1. The Balaban J connectivity index is 2.43. The average molecular weight is 363 g/mol. The second-order valence-electron chi connectivity index (χ2n) is 4.17. The first-order chi connectivity index (χ1) is 9.20. The van der Waals surface area contributed by atoms with Crippen LogP contribution < -0.4 is 0 Å². The molecule has 0 atom stereocenters. The van der Waals surface area contributed by atoms with Crippen LogP contribution in [-0.2, 0) is 4.74 Å². The van der Waals surface area contributed by atoms with Crippen LogP contribution in [0.25, 0.3) is 21.8 Å². The molecule has 3 nitrogen and oxygen atoms in total. The minimum absolute atomic E-state index is 0.358. The van der Waals surface area contributed by atoms with Gasteiger partial charge in [0, 0.05) is 14.3 Å². The molecule has 0 fully saturated rings. The zero-order valence-corrected chi connectivity index (χ0v) is 12.3. The molecule has 19 heavy (non-hydrogen) atoms. The largest absolute Gasteiger partial charge is 0.465 e. The first-order valence-corrected chi connectivity index (χ1v) is 6.85. The predicted molar refractivity (Wildman–Crippen MR) is 83.3 cm³/mol. The van der Waals surface area contributed by atoms with Crippen molar-refractivity contribution in [2.45, 2.75) is 0 Å². The maximum Gasteiger partial charge on any atom is 0.340 e. The second-order valence-corrected chi connectivity index (χ2v) is 5.33. The highest BCUT2D eigenvalue weighted by atomic mass is 127. The topological polar surface area (TPSA) is 39.2 Å². The maximum atomic E-state index is 11.8. The van der Waals surface area contributed by atoms with Gasteiger partial charge in [0.2, 0.25) is 0 Å². The summed E-state index contributed by atoms with van der Waals surface area (Å²) in [6.45, 7) is 0. The van der Waals surface area contributed by atoms with Gasteiger partial charge < -0.3 is 4.74 Å². The Hall–Kier alpha value is -1.69. The molecular weight excluding hydrogens is 353 g/mol. The van der Waals surface area contributed by atoms with Crippen LogP contribution in [0.3, 0.4) is 0 Å². The van der Waals surface area contributed by atoms with Crippen LogP contribution >= 0.6 is 22.6 Å². The summed E-state index contributed by atoms with van der Waals surface area (Å²) < 4.78 is 5.87. The number of carbonyl (C=O) groups is 1. The normalized spacial score (nSPS) is 10.8. The van der Waals surface area contributed by atoms with Crippen LogP contribution in [0.15, 0.2) is 42.5 Å². The quantitative estimate of drug-likeness (QED) is 0.375. The van der Waals surface area contributed by atoms with Gasteiger partial charge in [-0.15, -0.1) is 0 Å². The molecule has 3 rings (SSSR count). The molecule has 0 N–H and O–H groups in total. The fraction of sp³-hybridized carbons (Fsp3) is 0.0667. The molecule has 0 aliphatic rings. The van der Waals surface area contributed by atoms with Crippen LogP contribution in [0.4, 0.5) is 0 Å². The van der Waals surface area contributed by atoms with Gasteiger partial charge in [0.15, 0.2) is 0 Å². The van der Waals surface area contributed by atoms with Crippen molar-refractivity contribution in [2.75, 3.05) is 7.11 Å². The number of hydrogen-bond donors (Lipinski definition) is 0. The molecule has 0 saturated heterocycles. The number of pyridine rings is 1. The number of fused-ring (bicyclic) bond motifs is 2. The lowest BCUT2D eigenvalue weighted by atomic mass is 10.1. The summed E-state index contributed by atoms with van der Waals surface area (Å²) in [6.07, 6.45) is 0. The smallest absolute Gasteiger partial charge is 0.340 e. The van der Waals surface area contributed by atoms with Crippen LogP contribution in [-0.4, -0.2) is 18.1 Å². The van der Waals surface area contributed by atoms with Crippen molar-refractivity contribution in [1.82, 2.24) is 4.98 Å². The van der Waals surface area contributed by atoms with Crippen molar-refractivity contribution in [2.24, 2.45) is 0 Å². The van der Waals surface area contributed by atoms with Crippen LogP contribution in [0, 0.1) is 3.57 Å². The molecule has 94 valence electrons. The van der Waals surface area contributed by atoms with Crippen LogP contribution in [0.1, 0.15) is 10.4 Å². The third-order valence-electron chi connectivity index (χ3n) is 3.03. The highest BCUT2D eigenvalue weighted by molar-refractivity contribution is 14.1. The zero-order chi connectivity index (χ0) is 13.4. The summed E-state index contributed by atoms with van der Waals surface area (Å²) in [4.78, 5) is 16.4. The van der Waals surface area contributed by atoms with E-state index in [0.29, 0.717) is 11.1 Å². The Labute approximate surface area is 123 Å². The molecule has 0 spiro atoms. The molecule has 0 aliphatic carbocycles. The van der Waals surface area contributed by atoms with Crippen LogP contribution in [0.5, 0.6) is 0 Å². The summed E-state index contributed by atoms with van der Waals surface area (Å²) >= 11 is 2.25. The highest BCUT2D eigenvalue weighted by Crippen LogP contribution is 2.25. The number of esters is 1. The third kappa shape index (κ3) is 2.06. The van der Waals surface area contributed by atoms with Crippen molar-refractivity contribution in [3.8, 4) is 0 Å². The summed E-state index contributed by atoms with van der Waals surface area (Å²) in [7, 11) is 1.38. The van der Waals surface area contributed by atoms with E-state index in [2.05, 4.69) is 27.6 Å². The van der Waals surface area contributed by atoms with Gasteiger partial charge in [-0.25, -0.2) is 9.78 Å². The molecule has 4 heteroatoms. The average Bonchev–Trinajstić information content (AvgIpc) is 2.44. The fourth-order valence-corrected chi connectivity index (χ4v) is 2.76. The van der Waals surface area contributed by atoms with Gasteiger partial charge in [0.05, 0.1) is 23.7 Å². The SMILES string of the molecule is COC(=O)c1cccc2cc3cccc(I)c3nc12. The molecular formula is C15H10INO2. The van der Waals surface area contributed by atoms with E-state index in [9.17, 15) is 4.79 Å². The van der Waals surface area contributed by atoms with E-state index in [4.69, 9.17) is 4.74 Å². The van der Waals surface area contributed by atoms with Crippen molar-refractivity contribution in [3.63, 3.8) is 0 Å². The lowest BCUT2D eigenvalue weighted by Crippen LogP contribution is -2.03. The Kier molecular flexibility index (Phi) is 3.10. The predicted octanol–water partition coefficient (Wildman–Crippen LogP) is 3.78. The lowest BCUT2D eigenvalue weighted by Gasteiger charge is -2.07. The first-order valence-electron chi connectivity index (χ1n) is 5.77. The number of rotatable bonds is 1. The Bertz CT molecular complexity index is 799. The molecule has 0 bridgehead atoms. The van der Waals surface area contributed by atoms with E-state index in [1.807, 2.05) is 36.4 Å². The highest BCUT2D eigenvalue weighted by Gasteiger charge is 2.12. The monoisotopic (exact) mass is 363 g/mol. The van der Waals surface area contributed by atoms with Gasteiger partial charge >= 0.3 is 5.97 Å². The number of hydrogen-bond acceptors (Lipinski definition) is 3. The minimum atomic E-state index is -0.358. The number of benzene rings is 2. The van der Waals surface area contributed by atoms with Gasteiger partial charge in [-0.05, 0) is 40.8 Å². The molecule has 0 saturated carbocycles. The molecule has 0 radical (unpaired) electrons. The number of para-hydroxylation sites is 2. The Morgan fingerprint density at radius 1 is 1.11 bits per heavy atom. The molecule has 1 aromatic heterocycles. The number of aromatic nitrogens is 1. The molecule has 0 amide bonds. The molecule has 2 aromatic carbocycles. The maximum absolute atomic E-state index is 11.8. The van der Waals surface area contributed by atoms with Gasteiger partial charge in [-0.2, -0.15) is 0 Å². The summed E-state index contributed by atoms with van der Waals surface area (Å²) in [5.41, 5.74) is 2.10. The minimum Gasteiger partial charge on any atom is -0.465 e. The van der Waals surface area contributed by atoms with Crippen molar-refractivity contribution >= 4 is 50.4 Å². The number of halogens is 1. The lowest BCUT2D eigenvalue weighted by molar-refractivity contribution is 0.0603. The van der Waals surface area contributed by atoms with E-state index >= 15 is 0 Å². The standard InChI is InChI=1S/C15H10INO2/c1-19-15(18)11-6-2-4-9-8-10-5-3-7-12(16)14(10)17-13(9)11/h2-8H,1H3. The van der Waals surface area contributed by atoms with E-state index < -0.39 is 0 Å². The van der Waals surface area contributed by atoms with Gasteiger partial charge in [-0.3, -0.25) is 0 Å². The van der Waals surface area contributed by atoms with Crippen molar-refractivity contribution < 1.29 is 9.53 Å². The van der Waals surface area contributed by atoms with E-state index in [-0.39, 0.29) is 5.97 Å². The molecule has 0 unspecified atom stereocenters. The van der Waals surface area contributed by atoms with Gasteiger partial charge in [0.1, 0.15) is 0 Å². The number of methoxy groups -OCH3 is 1. The van der Waals surface area contributed by atoms with Gasteiger partial charge in [0.25, 0.3) is 0 Å². The second kappa shape index (κ2) is 4.77. The first kappa shape index (κ1) is 12.3. The third-order valence-corrected chi connectivity index (χ3v) is 3.90. The number of nitrogens with zero attached hydrogens (tertiary/aromatic N) is 1. The van der Waals surface area contributed by atoms with Crippen molar-refractivity contribution in [3.05, 3.63) is 51.6 Å². The molecule has 1 heterocycles. The summed E-state index contributed by atoms with van der Waals surface area (Å²) in [5.74, 6) is -0.358. The summed E-state index contributed by atoms with van der Waals surface area (Å²) in [5, 5.41) is 2.01. The summed E-state index contributed by atoms with van der Waals surface area (Å²) in [6, 6.07) is 13.6. The zero-order valence-electron chi connectivity index (χ0n) is 10.2. The van der Waals surface area contributed by atoms with Crippen LogP contribution in [0.2, 0.25) is 0 Å². The molecule has 0 aliphatic heterocycles. The fourth-order valence-electron chi connectivity index (χ4n) is 2.12. The Morgan fingerprint density at radius 2 is 1.79 bits per heavy atom. The van der Waals surface area contributed by atoms with Gasteiger partial charge in [-0.1, -0.05) is 24.3 Å². The van der Waals surface area contributed by atoms with E-state index in [0.717, 1.165) is 19.9 Å². The van der Waals surface area contributed by atoms with E-state index in [1.165, 1.54) is 7.11 Å². The molecule has 3 aromatic rings. The number of carbonyl (C=O) groups excluding carboxylic acids is 1. The Morgan fingerprint density at radius 3 is 2.53 bits per heavy atom. The van der Waals surface area contributed by atoms with E-state index in [1.54, 1.807) is 6.07 Å². The van der Waals surface area contributed by atoms with Crippen molar-refractivity contribution in [1.29, 1.82) is 0 Å².